The summed E-state index contributed by atoms with van der Waals surface area (Å²) in [6, 6.07) is 0.255. The van der Waals surface area contributed by atoms with Crippen LogP contribution < -0.4 is 11.1 Å². The zero-order valence-corrected chi connectivity index (χ0v) is 9.03. The molecule has 2 rings (SSSR count). The lowest BCUT2D eigenvalue weighted by molar-refractivity contribution is 0.0207. The third-order valence-corrected chi connectivity index (χ3v) is 2.19. The lowest BCUT2D eigenvalue weighted by Crippen LogP contribution is -2.40. The van der Waals surface area contributed by atoms with Gasteiger partial charge in [0.2, 0.25) is 11.9 Å². The van der Waals surface area contributed by atoms with Crippen LogP contribution in [0, 0.1) is 0 Å². The maximum atomic E-state index is 5.87. The number of ether oxygens (including phenoxy) is 1. The van der Waals surface area contributed by atoms with Gasteiger partial charge in [0.15, 0.2) is 5.82 Å². The van der Waals surface area contributed by atoms with E-state index < -0.39 is 0 Å². The first-order valence-corrected chi connectivity index (χ1v) is 5.08. The fraction of sp³-hybridized carbons (Fsp3) is 0.625. The number of rotatable bonds is 3. The summed E-state index contributed by atoms with van der Waals surface area (Å²) in [4.78, 5) is 12.1. The maximum absolute atomic E-state index is 5.87. The summed E-state index contributed by atoms with van der Waals surface area (Å²) in [5.41, 5.74) is 5.54. The van der Waals surface area contributed by atoms with E-state index in [1.165, 1.54) is 0 Å². The number of nitrogens with two attached hydrogens (primary N) is 1. The van der Waals surface area contributed by atoms with Gasteiger partial charge in [-0.2, -0.15) is 15.0 Å². The molecule has 0 aliphatic carbocycles. The van der Waals surface area contributed by atoms with E-state index in [0.717, 1.165) is 0 Å². The van der Waals surface area contributed by atoms with Gasteiger partial charge in [0.25, 0.3) is 0 Å². The van der Waals surface area contributed by atoms with E-state index in [1.54, 1.807) is 6.92 Å². The molecule has 0 aromatic carbocycles. The minimum atomic E-state index is -0.284. The molecule has 82 valence electrons. The highest BCUT2D eigenvalue weighted by Gasteiger charge is 2.19. The van der Waals surface area contributed by atoms with Crippen LogP contribution in [0.3, 0.4) is 0 Å². The lowest BCUT2D eigenvalue weighted by atomic mass is 10.3. The van der Waals surface area contributed by atoms with E-state index in [1.807, 2.05) is 0 Å². The Bertz CT molecular complexity index is 355. The van der Waals surface area contributed by atoms with E-state index >= 15 is 0 Å². The molecule has 0 radical (unpaired) electrons. The van der Waals surface area contributed by atoms with Gasteiger partial charge in [-0.1, -0.05) is 0 Å². The minimum Gasteiger partial charge on any atom is -0.377 e. The van der Waals surface area contributed by atoms with Crippen LogP contribution in [0.4, 0.5) is 11.9 Å². The lowest BCUT2D eigenvalue weighted by Gasteiger charge is -2.26. The first-order chi connectivity index (χ1) is 7.15. The maximum Gasteiger partial charge on any atom is 0.228 e. The highest BCUT2D eigenvalue weighted by atomic mass is 35.5. The summed E-state index contributed by atoms with van der Waals surface area (Å²) in [7, 11) is 0. The molecule has 1 aliphatic heterocycles. The molecule has 1 unspecified atom stereocenters. The molecule has 0 spiro atoms. The Balaban J connectivity index is 2.15. The van der Waals surface area contributed by atoms with Crippen molar-refractivity contribution in [3.05, 3.63) is 5.82 Å². The van der Waals surface area contributed by atoms with Crippen molar-refractivity contribution in [1.29, 1.82) is 0 Å². The quantitative estimate of drug-likeness (QED) is 0.737. The van der Waals surface area contributed by atoms with Crippen molar-refractivity contribution in [2.24, 2.45) is 0 Å². The average Bonchev–Trinajstić information content (AvgIpc) is 2.10. The average molecular weight is 230 g/mol. The Morgan fingerprint density at radius 3 is 2.73 bits per heavy atom. The predicted octanol–water partition coefficient (Wildman–Crippen LogP) is 0.564. The van der Waals surface area contributed by atoms with Gasteiger partial charge in [0.05, 0.1) is 24.6 Å². The van der Waals surface area contributed by atoms with E-state index in [2.05, 4.69) is 20.3 Å². The summed E-state index contributed by atoms with van der Waals surface area (Å²) in [5, 5.41) is 2.80. The second-order valence-corrected chi connectivity index (χ2v) is 4.02. The number of nitrogen functional groups attached to an aromatic ring is 1. The van der Waals surface area contributed by atoms with Crippen LogP contribution in [0.5, 0.6) is 0 Å². The van der Waals surface area contributed by atoms with Crippen molar-refractivity contribution < 1.29 is 4.74 Å². The van der Waals surface area contributed by atoms with Crippen molar-refractivity contribution in [1.82, 2.24) is 15.0 Å². The second-order valence-electron chi connectivity index (χ2n) is 3.37. The van der Waals surface area contributed by atoms with Crippen LogP contribution in [-0.4, -0.2) is 34.2 Å². The van der Waals surface area contributed by atoms with Crippen molar-refractivity contribution >= 4 is 23.5 Å². The zero-order valence-electron chi connectivity index (χ0n) is 8.27. The monoisotopic (exact) mass is 229 g/mol. The third-order valence-electron chi connectivity index (χ3n) is 2.00. The molecular weight excluding hydrogens is 218 g/mol. The smallest absolute Gasteiger partial charge is 0.228 e. The van der Waals surface area contributed by atoms with Gasteiger partial charge in [-0.25, -0.2) is 0 Å². The first kappa shape index (κ1) is 10.4. The molecule has 1 atom stereocenters. The van der Waals surface area contributed by atoms with Gasteiger partial charge in [0.1, 0.15) is 0 Å². The Labute approximate surface area is 92.2 Å². The number of nitrogens with zero attached hydrogens (tertiary/aromatic N) is 3. The van der Waals surface area contributed by atoms with E-state index in [-0.39, 0.29) is 17.4 Å². The molecule has 1 fully saturated rings. The fourth-order valence-corrected chi connectivity index (χ4v) is 1.25. The SMILES string of the molecule is CC(Cl)c1nc(N)nc(NC2COC2)n1. The third kappa shape index (κ3) is 2.45. The number of anilines is 2. The molecule has 6 nitrogen and oxygen atoms in total. The predicted molar refractivity (Wildman–Crippen MR) is 56.7 cm³/mol. The molecule has 0 amide bonds. The van der Waals surface area contributed by atoms with Gasteiger partial charge in [-0.05, 0) is 6.92 Å². The topological polar surface area (TPSA) is 86.0 Å². The minimum absolute atomic E-state index is 0.176. The number of aromatic nitrogens is 3. The van der Waals surface area contributed by atoms with Gasteiger partial charge < -0.3 is 15.8 Å². The van der Waals surface area contributed by atoms with E-state index in [9.17, 15) is 0 Å². The summed E-state index contributed by atoms with van der Waals surface area (Å²) in [6.07, 6.45) is 0. The molecule has 1 aromatic heterocycles. The molecule has 15 heavy (non-hydrogen) atoms. The van der Waals surface area contributed by atoms with Crippen LogP contribution in [0.25, 0.3) is 0 Å². The van der Waals surface area contributed by atoms with Gasteiger partial charge >= 0.3 is 0 Å². The molecule has 7 heteroatoms. The summed E-state index contributed by atoms with van der Waals surface area (Å²) in [5.74, 6) is 1.11. The number of halogens is 1. The molecule has 1 aliphatic rings. The summed E-state index contributed by atoms with van der Waals surface area (Å²) >= 11 is 5.87. The van der Waals surface area contributed by atoms with Crippen molar-refractivity contribution in [2.75, 3.05) is 24.3 Å². The molecular formula is C8H12ClN5O. The van der Waals surface area contributed by atoms with Crippen molar-refractivity contribution in [2.45, 2.75) is 18.3 Å². The molecule has 0 bridgehead atoms. The summed E-state index contributed by atoms with van der Waals surface area (Å²) < 4.78 is 5.02. The van der Waals surface area contributed by atoms with Crippen LogP contribution in [0.2, 0.25) is 0 Å². The standard InChI is InChI=1S/C8H12ClN5O/c1-4(9)6-12-7(10)14-8(13-6)11-5-2-15-3-5/h4-5H,2-3H2,1H3,(H3,10,11,12,13,14). The highest BCUT2D eigenvalue weighted by Crippen LogP contribution is 2.17. The van der Waals surface area contributed by atoms with Gasteiger partial charge in [-0.15, -0.1) is 11.6 Å². The number of nitrogens with one attached hydrogen (secondary N) is 1. The summed E-state index contributed by atoms with van der Waals surface area (Å²) in [6.45, 7) is 3.11. The molecule has 1 aromatic rings. The van der Waals surface area contributed by atoms with Gasteiger partial charge in [-0.3, -0.25) is 0 Å². The largest absolute Gasteiger partial charge is 0.377 e. The highest BCUT2D eigenvalue weighted by molar-refractivity contribution is 6.20. The normalized spacial score (nSPS) is 18.3. The Morgan fingerprint density at radius 1 is 1.47 bits per heavy atom. The van der Waals surface area contributed by atoms with Crippen LogP contribution in [-0.2, 0) is 4.74 Å². The Morgan fingerprint density at radius 2 is 2.20 bits per heavy atom. The molecule has 3 N–H and O–H groups in total. The van der Waals surface area contributed by atoms with Crippen LogP contribution in [0.15, 0.2) is 0 Å². The molecule has 0 saturated carbocycles. The Kier molecular flexibility index (Phi) is 2.88. The first-order valence-electron chi connectivity index (χ1n) is 4.65. The fourth-order valence-electron chi connectivity index (χ4n) is 1.15. The number of hydrogen-bond acceptors (Lipinski definition) is 6. The number of alkyl halides is 1. The Hall–Kier alpha value is -1.14. The van der Waals surface area contributed by atoms with Crippen molar-refractivity contribution in [3.8, 4) is 0 Å². The van der Waals surface area contributed by atoms with Crippen molar-refractivity contribution in [3.63, 3.8) is 0 Å². The van der Waals surface area contributed by atoms with E-state index in [4.69, 9.17) is 22.1 Å². The van der Waals surface area contributed by atoms with E-state index in [0.29, 0.717) is 25.0 Å². The van der Waals surface area contributed by atoms with Crippen LogP contribution in [0.1, 0.15) is 18.1 Å². The molecule has 2 heterocycles. The van der Waals surface area contributed by atoms with Crippen LogP contribution >= 0.6 is 11.6 Å². The molecule has 1 saturated heterocycles. The zero-order chi connectivity index (χ0) is 10.8. The number of hydrogen-bond donors (Lipinski definition) is 2. The second kappa shape index (κ2) is 4.16. The van der Waals surface area contributed by atoms with Gasteiger partial charge in [0, 0.05) is 0 Å².